The van der Waals surface area contributed by atoms with Crippen LogP contribution in [0.5, 0.6) is 0 Å². The predicted octanol–water partition coefficient (Wildman–Crippen LogP) is 14.3. The Morgan fingerprint density at radius 2 is 0.947 bits per heavy atom. The summed E-state index contributed by atoms with van der Waals surface area (Å²) in [6.45, 7) is 6.32. The Morgan fingerprint density at radius 1 is 0.526 bits per heavy atom. The van der Waals surface area contributed by atoms with Gasteiger partial charge in [0, 0.05) is 6.42 Å². The van der Waals surface area contributed by atoms with E-state index in [1.165, 1.54) is 103 Å². The molecule has 3 unspecified atom stereocenters. The van der Waals surface area contributed by atoms with Crippen LogP contribution in [0.15, 0.2) is 48.6 Å². The first-order valence-electron chi connectivity index (χ1n) is 24.4. The number of hydrogen-bond acceptors (Lipinski definition) is 5. The Labute approximate surface area is 353 Å². The van der Waals surface area contributed by atoms with E-state index in [1.54, 1.807) is 0 Å². The molecule has 0 saturated carbocycles. The maximum atomic E-state index is 13.1. The molecule has 0 bridgehead atoms. The van der Waals surface area contributed by atoms with Gasteiger partial charge in [0.15, 0.2) is 0 Å². The van der Waals surface area contributed by atoms with Gasteiger partial charge in [0.05, 0.1) is 25.2 Å². The number of carbonyl (C=O) groups is 2. The molecule has 0 heterocycles. The summed E-state index contributed by atoms with van der Waals surface area (Å²) in [6.07, 6.45) is 53.1. The molecule has 6 heteroatoms. The number of hydrogen-bond donors (Lipinski definition) is 3. The van der Waals surface area contributed by atoms with Crippen LogP contribution < -0.4 is 5.32 Å². The van der Waals surface area contributed by atoms with Crippen LogP contribution in [0.4, 0.5) is 0 Å². The van der Waals surface area contributed by atoms with Gasteiger partial charge in [-0.25, -0.2) is 0 Å². The van der Waals surface area contributed by atoms with Crippen LogP contribution in [0.1, 0.15) is 239 Å². The van der Waals surface area contributed by atoms with Gasteiger partial charge >= 0.3 is 5.97 Å². The molecular weight excluding hydrogens is 707 g/mol. The molecule has 0 saturated heterocycles. The number of aliphatic hydroxyl groups is 2. The first kappa shape index (κ1) is 54.8. The van der Waals surface area contributed by atoms with E-state index in [9.17, 15) is 19.8 Å². The Kier molecular flexibility index (Phi) is 43.2. The molecule has 57 heavy (non-hydrogen) atoms. The second kappa shape index (κ2) is 44.9. The van der Waals surface area contributed by atoms with Gasteiger partial charge in [-0.05, 0) is 83.5 Å². The van der Waals surface area contributed by atoms with Crippen molar-refractivity contribution in [3.8, 4) is 0 Å². The number of esters is 1. The number of nitrogens with one attached hydrogen (secondary N) is 1. The SMILES string of the molecule is CC/C=C/C/C=C/CCCCCCCC(CC(=O)NC(CO)C(O)CCCCCCCCCCC)OC(=O)CCCCCCCCC/C=C\C/C=C\CCCCC. The van der Waals surface area contributed by atoms with Gasteiger partial charge in [-0.1, -0.05) is 191 Å². The fraction of sp³-hybridized carbons (Fsp3) is 0.804. The number of rotatable bonds is 43. The summed E-state index contributed by atoms with van der Waals surface area (Å²) in [4.78, 5) is 26.0. The Morgan fingerprint density at radius 3 is 1.46 bits per heavy atom. The molecule has 0 radical (unpaired) electrons. The largest absolute Gasteiger partial charge is 0.462 e. The summed E-state index contributed by atoms with van der Waals surface area (Å²) in [5.41, 5.74) is 0. The smallest absolute Gasteiger partial charge is 0.306 e. The monoisotopic (exact) mass is 800 g/mol. The number of unbranched alkanes of at least 4 members (excludes halogenated alkanes) is 23. The van der Waals surface area contributed by atoms with Gasteiger partial charge in [0.2, 0.25) is 5.91 Å². The van der Waals surface area contributed by atoms with Gasteiger partial charge in [-0.15, -0.1) is 0 Å². The molecule has 0 aromatic rings. The lowest BCUT2D eigenvalue weighted by atomic mass is 10.0. The summed E-state index contributed by atoms with van der Waals surface area (Å²) in [6, 6.07) is -0.705. The van der Waals surface area contributed by atoms with Crippen molar-refractivity contribution in [3.05, 3.63) is 48.6 Å². The Hall–Kier alpha value is -2.18. The van der Waals surface area contributed by atoms with E-state index in [0.717, 1.165) is 89.9 Å². The van der Waals surface area contributed by atoms with E-state index in [1.807, 2.05) is 0 Å². The molecule has 0 rings (SSSR count). The highest BCUT2D eigenvalue weighted by atomic mass is 16.5. The topological polar surface area (TPSA) is 95.9 Å². The minimum atomic E-state index is -0.790. The second-order valence-corrected chi connectivity index (χ2v) is 16.5. The maximum absolute atomic E-state index is 13.1. The second-order valence-electron chi connectivity index (χ2n) is 16.5. The fourth-order valence-electron chi connectivity index (χ4n) is 7.20. The lowest BCUT2D eigenvalue weighted by Crippen LogP contribution is -2.46. The minimum absolute atomic E-state index is 0.0647. The number of ether oxygens (including phenoxy) is 1. The molecule has 0 aliphatic heterocycles. The van der Waals surface area contributed by atoms with Crippen LogP contribution in [0.2, 0.25) is 0 Å². The van der Waals surface area contributed by atoms with Crippen molar-refractivity contribution in [3.63, 3.8) is 0 Å². The lowest BCUT2D eigenvalue weighted by molar-refractivity contribution is -0.151. The van der Waals surface area contributed by atoms with Crippen LogP contribution in [-0.4, -0.2) is 46.9 Å². The zero-order chi connectivity index (χ0) is 41.7. The van der Waals surface area contributed by atoms with Crippen LogP contribution in [0.25, 0.3) is 0 Å². The third-order valence-electron chi connectivity index (χ3n) is 10.9. The van der Waals surface area contributed by atoms with Gasteiger partial charge in [-0.3, -0.25) is 9.59 Å². The van der Waals surface area contributed by atoms with Crippen molar-refractivity contribution < 1.29 is 24.5 Å². The normalized spacial score (nSPS) is 13.7. The van der Waals surface area contributed by atoms with Crippen molar-refractivity contribution in [2.45, 2.75) is 257 Å². The van der Waals surface area contributed by atoms with Gasteiger partial charge < -0.3 is 20.3 Å². The van der Waals surface area contributed by atoms with E-state index in [0.29, 0.717) is 19.3 Å². The van der Waals surface area contributed by atoms with Gasteiger partial charge in [0.25, 0.3) is 0 Å². The molecule has 0 spiro atoms. The summed E-state index contributed by atoms with van der Waals surface area (Å²) in [7, 11) is 0. The highest BCUT2D eigenvalue weighted by Crippen LogP contribution is 2.17. The Bertz CT molecular complexity index is 988. The van der Waals surface area contributed by atoms with Crippen LogP contribution in [0.3, 0.4) is 0 Å². The van der Waals surface area contributed by atoms with E-state index >= 15 is 0 Å². The number of amides is 1. The lowest BCUT2D eigenvalue weighted by Gasteiger charge is -2.24. The molecule has 1 amide bonds. The minimum Gasteiger partial charge on any atom is -0.462 e. The van der Waals surface area contributed by atoms with Crippen LogP contribution in [0, 0.1) is 0 Å². The summed E-state index contributed by atoms with van der Waals surface area (Å²) >= 11 is 0. The predicted molar refractivity (Wildman–Crippen MR) is 245 cm³/mol. The van der Waals surface area contributed by atoms with E-state index in [4.69, 9.17) is 4.74 Å². The Balaban J connectivity index is 4.57. The zero-order valence-corrected chi connectivity index (χ0v) is 37.7. The molecule has 332 valence electrons. The molecule has 3 atom stereocenters. The van der Waals surface area contributed by atoms with Crippen LogP contribution >= 0.6 is 0 Å². The van der Waals surface area contributed by atoms with E-state index < -0.39 is 18.2 Å². The van der Waals surface area contributed by atoms with Gasteiger partial charge in [-0.2, -0.15) is 0 Å². The average molecular weight is 800 g/mol. The molecule has 0 fully saturated rings. The summed E-state index contributed by atoms with van der Waals surface area (Å²) in [5.74, 6) is -0.497. The summed E-state index contributed by atoms with van der Waals surface area (Å²) < 4.78 is 5.91. The van der Waals surface area contributed by atoms with Crippen molar-refractivity contribution >= 4 is 11.9 Å². The van der Waals surface area contributed by atoms with Crippen molar-refractivity contribution in [1.82, 2.24) is 5.32 Å². The molecule has 0 aromatic heterocycles. The molecule has 0 aromatic carbocycles. The quantitative estimate of drug-likeness (QED) is 0.0324. The van der Waals surface area contributed by atoms with Gasteiger partial charge in [0.1, 0.15) is 6.10 Å². The average Bonchev–Trinajstić information content (AvgIpc) is 3.20. The highest BCUT2D eigenvalue weighted by Gasteiger charge is 2.24. The highest BCUT2D eigenvalue weighted by molar-refractivity contribution is 5.77. The zero-order valence-electron chi connectivity index (χ0n) is 37.7. The molecule has 3 N–H and O–H groups in total. The van der Waals surface area contributed by atoms with Crippen LogP contribution in [-0.2, 0) is 14.3 Å². The number of carbonyl (C=O) groups excluding carboxylic acids is 2. The maximum Gasteiger partial charge on any atom is 0.306 e. The van der Waals surface area contributed by atoms with Crippen molar-refractivity contribution in [1.29, 1.82) is 0 Å². The molecule has 6 nitrogen and oxygen atoms in total. The van der Waals surface area contributed by atoms with Crippen molar-refractivity contribution in [2.75, 3.05) is 6.61 Å². The standard InChI is InChI=1S/C51H93NO5/c1-4-7-10-13-16-19-21-23-24-25-26-27-29-32-35-38-41-44-51(56)57-47(42-39-36-33-31-28-22-20-17-14-11-8-5-2)45-50(55)52-48(46-53)49(54)43-40-37-34-30-18-15-12-9-6-3/h8,11,16-17,19-20,23-24,47-49,53-54H,4-7,9-10,12-15,18,21-22,25-46H2,1-3H3,(H,52,55)/b11-8+,19-16-,20-17+,24-23-. The molecule has 0 aliphatic rings. The van der Waals surface area contributed by atoms with E-state index in [-0.39, 0.29) is 24.9 Å². The molecular formula is C51H93NO5. The molecule has 0 aliphatic carbocycles. The first-order valence-corrected chi connectivity index (χ1v) is 24.4. The third-order valence-corrected chi connectivity index (χ3v) is 10.9. The number of allylic oxidation sites excluding steroid dienone is 8. The van der Waals surface area contributed by atoms with Crippen molar-refractivity contribution in [2.24, 2.45) is 0 Å². The van der Waals surface area contributed by atoms with E-state index in [2.05, 4.69) is 74.7 Å². The first-order chi connectivity index (χ1) is 28.0. The summed E-state index contributed by atoms with van der Waals surface area (Å²) in [5, 5.41) is 23.6. The third kappa shape index (κ3) is 40.4. The number of aliphatic hydroxyl groups excluding tert-OH is 2. The fourth-order valence-corrected chi connectivity index (χ4v) is 7.20.